The number of rotatable bonds is 10. The monoisotopic (exact) mass is 458 g/mol. The standard InChI is InChI=1S/C17H26N6O5S2/c18-10(6-29)14(24)22-12(7-30)15(25)21-11(4-9-5-19-8-20-9)16(26)23-3-1-2-13(23)17(27)28/h5,8,10-13,29-30H,1-4,6-7,18H2,(H,19,20)(H,21,25)(H,22,24)(H,27,28). The lowest BCUT2D eigenvalue weighted by Gasteiger charge is -2.28. The van der Waals surface area contributed by atoms with Gasteiger partial charge < -0.3 is 31.4 Å². The van der Waals surface area contributed by atoms with Crippen molar-refractivity contribution in [1.82, 2.24) is 25.5 Å². The molecule has 1 aromatic heterocycles. The predicted molar refractivity (Wildman–Crippen MR) is 114 cm³/mol. The van der Waals surface area contributed by atoms with Crippen LogP contribution in [-0.4, -0.2) is 85.9 Å². The second kappa shape index (κ2) is 11.2. The quantitative estimate of drug-likeness (QED) is 0.202. The number of carbonyl (C=O) groups excluding carboxylic acids is 3. The van der Waals surface area contributed by atoms with Crippen LogP contribution >= 0.6 is 25.3 Å². The third kappa shape index (κ3) is 6.12. The number of aromatic amines is 1. The largest absolute Gasteiger partial charge is 0.480 e. The first-order valence-corrected chi connectivity index (χ1v) is 10.6. The van der Waals surface area contributed by atoms with Gasteiger partial charge in [0.25, 0.3) is 0 Å². The van der Waals surface area contributed by atoms with Crippen molar-refractivity contribution in [1.29, 1.82) is 0 Å². The van der Waals surface area contributed by atoms with Crippen molar-refractivity contribution in [2.75, 3.05) is 18.1 Å². The van der Waals surface area contributed by atoms with Crippen molar-refractivity contribution >= 4 is 48.9 Å². The Morgan fingerprint density at radius 1 is 1.23 bits per heavy atom. The topological polar surface area (TPSA) is 171 Å². The second-order valence-corrected chi connectivity index (χ2v) is 7.63. The number of aromatic nitrogens is 2. The number of hydrogen-bond donors (Lipinski definition) is 7. The highest BCUT2D eigenvalue weighted by molar-refractivity contribution is 7.80. The Hall–Kier alpha value is -2.25. The van der Waals surface area contributed by atoms with E-state index in [2.05, 4.69) is 45.9 Å². The molecule has 30 heavy (non-hydrogen) atoms. The lowest BCUT2D eigenvalue weighted by atomic mass is 10.1. The molecule has 0 aromatic carbocycles. The second-order valence-electron chi connectivity index (χ2n) is 6.90. The zero-order valence-corrected chi connectivity index (χ0v) is 17.9. The highest BCUT2D eigenvalue weighted by Crippen LogP contribution is 2.19. The molecule has 4 atom stereocenters. The molecule has 2 rings (SSSR count). The van der Waals surface area contributed by atoms with Crippen LogP contribution in [0.4, 0.5) is 0 Å². The van der Waals surface area contributed by atoms with Crippen LogP contribution in [0.2, 0.25) is 0 Å². The molecule has 0 bridgehead atoms. The maximum Gasteiger partial charge on any atom is 0.326 e. The summed E-state index contributed by atoms with van der Waals surface area (Å²) < 4.78 is 0. The SMILES string of the molecule is NC(CS)C(=O)NC(CS)C(=O)NC(Cc1cnc[nH]1)C(=O)N1CCCC1C(=O)O. The van der Waals surface area contributed by atoms with Crippen LogP contribution in [-0.2, 0) is 25.6 Å². The first-order valence-electron chi connectivity index (χ1n) is 9.37. The summed E-state index contributed by atoms with van der Waals surface area (Å²) in [7, 11) is 0. The van der Waals surface area contributed by atoms with E-state index in [0.717, 1.165) is 0 Å². The number of nitrogens with one attached hydrogen (secondary N) is 3. The van der Waals surface area contributed by atoms with Crippen LogP contribution in [0.1, 0.15) is 18.5 Å². The van der Waals surface area contributed by atoms with E-state index in [0.29, 0.717) is 18.5 Å². The molecule has 11 nitrogen and oxygen atoms in total. The number of amides is 3. The number of carboxylic acids is 1. The Morgan fingerprint density at radius 2 is 1.93 bits per heavy atom. The van der Waals surface area contributed by atoms with Gasteiger partial charge in [0, 0.05) is 36.4 Å². The fourth-order valence-electron chi connectivity index (χ4n) is 3.13. The fraction of sp³-hybridized carbons (Fsp3) is 0.588. The van der Waals surface area contributed by atoms with Gasteiger partial charge in [-0.1, -0.05) is 0 Å². The lowest BCUT2D eigenvalue weighted by molar-refractivity contribution is -0.149. The number of imidazole rings is 1. The van der Waals surface area contributed by atoms with Crippen molar-refractivity contribution in [3.63, 3.8) is 0 Å². The van der Waals surface area contributed by atoms with Crippen molar-refractivity contribution in [2.24, 2.45) is 5.73 Å². The zero-order valence-electron chi connectivity index (χ0n) is 16.2. The minimum Gasteiger partial charge on any atom is -0.480 e. The molecule has 1 fully saturated rings. The van der Waals surface area contributed by atoms with E-state index in [9.17, 15) is 24.3 Å². The Morgan fingerprint density at radius 3 is 2.50 bits per heavy atom. The maximum absolute atomic E-state index is 13.1. The van der Waals surface area contributed by atoms with Gasteiger partial charge in [-0.05, 0) is 12.8 Å². The molecule has 0 aliphatic carbocycles. The molecular formula is C17H26N6O5S2. The van der Waals surface area contributed by atoms with Crippen LogP contribution in [0.5, 0.6) is 0 Å². The van der Waals surface area contributed by atoms with Gasteiger partial charge in [0.15, 0.2) is 0 Å². The van der Waals surface area contributed by atoms with E-state index in [1.54, 1.807) is 0 Å². The van der Waals surface area contributed by atoms with E-state index in [1.165, 1.54) is 17.4 Å². The molecule has 166 valence electrons. The van der Waals surface area contributed by atoms with Gasteiger partial charge in [0.05, 0.1) is 12.4 Å². The van der Waals surface area contributed by atoms with E-state index in [-0.39, 0.29) is 24.5 Å². The number of thiol groups is 2. The van der Waals surface area contributed by atoms with E-state index < -0.39 is 47.9 Å². The summed E-state index contributed by atoms with van der Waals surface area (Å²) in [5.74, 6) is -2.73. The van der Waals surface area contributed by atoms with Crippen molar-refractivity contribution in [3.8, 4) is 0 Å². The maximum atomic E-state index is 13.1. The molecule has 2 heterocycles. The molecule has 0 radical (unpaired) electrons. The molecule has 4 unspecified atom stereocenters. The van der Waals surface area contributed by atoms with E-state index >= 15 is 0 Å². The lowest BCUT2D eigenvalue weighted by Crippen LogP contribution is -2.58. The van der Waals surface area contributed by atoms with Gasteiger partial charge in [0.1, 0.15) is 18.1 Å². The van der Waals surface area contributed by atoms with Gasteiger partial charge in [-0.15, -0.1) is 0 Å². The minimum absolute atomic E-state index is 0.0245. The number of hydrogen-bond acceptors (Lipinski definition) is 8. The van der Waals surface area contributed by atoms with Crippen LogP contribution in [0.15, 0.2) is 12.5 Å². The third-order valence-corrected chi connectivity index (χ3v) is 5.52. The first-order chi connectivity index (χ1) is 14.3. The predicted octanol–water partition coefficient (Wildman–Crippen LogP) is -1.82. The molecule has 1 saturated heterocycles. The Kier molecular flexibility index (Phi) is 8.99. The third-order valence-electron chi connectivity index (χ3n) is 4.76. The van der Waals surface area contributed by atoms with Crippen LogP contribution in [0, 0.1) is 0 Å². The number of aliphatic carboxylic acids is 1. The fourth-order valence-corrected chi connectivity index (χ4v) is 3.55. The average molecular weight is 459 g/mol. The summed E-state index contributed by atoms with van der Waals surface area (Å²) in [6.45, 7) is 0.286. The first kappa shape index (κ1) is 24.0. The molecule has 13 heteroatoms. The number of nitrogens with two attached hydrogens (primary N) is 1. The molecule has 6 N–H and O–H groups in total. The molecule has 1 aromatic rings. The molecular weight excluding hydrogens is 432 g/mol. The van der Waals surface area contributed by atoms with Crippen LogP contribution in [0.3, 0.4) is 0 Å². The van der Waals surface area contributed by atoms with Crippen LogP contribution < -0.4 is 16.4 Å². The van der Waals surface area contributed by atoms with E-state index in [4.69, 9.17) is 5.73 Å². The summed E-state index contributed by atoms with van der Waals surface area (Å²) in [5, 5.41) is 14.5. The van der Waals surface area contributed by atoms with Gasteiger partial charge in [-0.2, -0.15) is 25.3 Å². The van der Waals surface area contributed by atoms with Crippen molar-refractivity contribution in [3.05, 3.63) is 18.2 Å². The Labute approximate surface area is 184 Å². The van der Waals surface area contributed by atoms with Gasteiger partial charge in [-0.3, -0.25) is 14.4 Å². The summed E-state index contributed by atoms with van der Waals surface area (Å²) in [4.78, 5) is 57.3. The van der Waals surface area contributed by atoms with Crippen LogP contribution in [0.25, 0.3) is 0 Å². The smallest absolute Gasteiger partial charge is 0.326 e. The highest BCUT2D eigenvalue weighted by Gasteiger charge is 2.38. The molecule has 1 aliphatic rings. The molecule has 0 saturated carbocycles. The van der Waals surface area contributed by atoms with Crippen molar-refractivity contribution < 1.29 is 24.3 Å². The summed E-state index contributed by atoms with van der Waals surface area (Å²) in [5.41, 5.74) is 6.20. The summed E-state index contributed by atoms with van der Waals surface area (Å²) in [6, 6.07) is -3.91. The number of carboxylic acid groups (broad SMARTS) is 1. The highest BCUT2D eigenvalue weighted by atomic mass is 32.1. The Balaban J connectivity index is 2.15. The summed E-state index contributed by atoms with van der Waals surface area (Å²) in [6.07, 6.45) is 3.93. The molecule has 1 aliphatic heterocycles. The normalized spacial score (nSPS) is 19.0. The van der Waals surface area contributed by atoms with Gasteiger partial charge >= 0.3 is 5.97 Å². The van der Waals surface area contributed by atoms with Gasteiger partial charge in [-0.25, -0.2) is 9.78 Å². The summed E-state index contributed by atoms with van der Waals surface area (Å²) >= 11 is 8.05. The number of H-pyrrole nitrogens is 1. The Bertz CT molecular complexity index is 762. The average Bonchev–Trinajstić information content (AvgIpc) is 3.41. The zero-order chi connectivity index (χ0) is 22.3. The van der Waals surface area contributed by atoms with E-state index in [1.807, 2.05) is 0 Å². The molecule has 0 spiro atoms. The van der Waals surface area contributed by atoms with Crippen molar-refractivity contribution in [2.45, 2.75) is 43.4 Å². The number of likely N-dealkylation sites (tertiary alicyclic amines) is 1. The minimum atomic E-state index is -1.09. The van der Waals surface area contributed by atoms with Gasteiger partial charge in [0.2, 0.25) is 17.7 Å². The number of carbonyl (C=O) groups is 4. The number of nitrogens with zero attached hydrogens (tertiary/aromatic N) is 2. The molecule has 3 amide bonds.